The fourth-order valence-electron chi connectivity index (χ4n) is 4.46. The van der Waals surface area contributed by atoms with Crippen LogP contribution in [-0.4, -0.2) is 23.3 Å². The highest BCUT2D eigenvalue weighted by Crippen LogP contribution is 2.36. The van der Waals surface area contributed by atoms with Crippen molar-refractivity contribution in [2.24, 2.45) is 0 Å². The van der Waals surface area contributed by atoms with Crippen LogP contribution in [0, 0.1) is 27.7 Å². The standard InChI is InChI=1S/C28H31N3O2/c1-6-13-31-26(29-24-11-7-17(2)14-19(24)4)22-10-9-21(16-23(22)28(31)33)27(32)30-25-12-8-18(3)15-20(25)5/h7-12,14-16,26,29H,6,13H2,1-5H3,(H,30,32)/t26-/m1/s1. The maximum atomic E-state index is 13.3. The molecule has 0 fully saturated rings. The Kier molecular flexibility index (Phi) is 6.23. The molecule has 1 atom stereocenters. The van der Waals surface area contributed by atoms with E-state index < -0.39 is 0 Å². The van der Waals surface area contributed by atoms with E-state index in [4.69, 9.17) is 0 Å². The molecule has 0 spiro atoms. The average Bonchev–Trinajstić information content (AvgIpc) is 3.03. The van der Waals surface area contributed by atoms with E-state index in [-0.39, 0.29) is 18.0 Å². The van der Waals surface area contributed by atoms with Crippen molar-refractivity contribution >= 4 is 23.2 Å². The van der Waals surface area contributed by atoms with Crippen LogP contribution in [0.3, 0.4) is 0 Å². The van der Waals surface area contributed by atoms with E-state index in [1.165, 1.54) is 5.56 Å². The van der Waals surface area contributed by atoms with Gasteiger partial charge in [0.2, 0.25) is 0 Å². The summed E-state index contributed by atoms with van der Waals surface area (Å²) in [5.41, 5.74) is 8.23. The molecule has 170 valence electrons. The SMILES string of the molecule is CCCN1C(=O)c2cc(C(=O)Nc3ccc(C)cc3C)ccc2[C@@H]1Nc1ccc(C)cc1C. The van der Waals surface area contributed by atoms with Crippen molar-refractivity contribution in [3.8, 4) is 0 Å². The third-order valence-electron chi connectivity index (χ3n) is 6.18. The Bertz CT molecular complexity index is 1230. The number of carbonyl (C=O) groups is 2. The maximum Gasteiger partial charge on any atom is 0.256 e. The molecule has 0 bridgehead atoms. The molecule has 0 unspecified atom stereocenters. The Morgan fingerprint density at radius 2 is 1.52 bits per heavy atom. The van der Waals surface area contributed by atoms with E-state index in [1.807, 2.05) is 43.0 Å². The number of benzene rings is 3. The topological polar surface area (TPSA) is 61.4 Å². The van der Waals surface area contributed by atoms with Crippen molar-refractivity contribution in [1.82, 2.24) is 4.90 Å². The number of hydrogen-bond acceptors (Lipinski definition) is 3. The first-order chi connectivity index (χ1) is 15.8. The highest BCUT2D eigenvalue weighted by Gasteiger charge is 2.37. The highest BCUT2D eigenvalue weighted by molar-refractivity contribution is 6.07. The highest BCUT2D eigenvalue weighted by atomic mass is 16.2. The summed E-state index contributed by atoms with van der Waals surface area (Å²) in [7, 11) is 0. The van der Waals surface area contributed by atoms with Crippen LogP contribution in [0.25, 0.3) is 0 Å². The number of aryl methyl sites for hydroxylation is 4. The third kappa shape index (κ3) is 4.49. The molecule has 2 N–H and O–H groups in total. The largest absolute Gasteiger partial charge is 0.361 e. The van der Waals surface area contributed by atoms with Gasteiger partial charge in [-0.15, -0.1) is 0 Å². The summed E-state index contributed by atoms with van der Waals surface area (Å²) in [4.78, 5) is 28.1. The minimum absolute atomic E-state index is 0.0460. The molecule has 0 aliphatic carbocycles. The minimum atomic E-state index is -0.259. The molecule has 3 aromatic carbocycles. The van der Waals surface area contributed by atoms with Gasteiger partial charge >= 0.3 is 0 Å². The van der Waals surface area contributed by atoms with Crippen LogP contribution in [0.1, 0.15) is 68.0 Å². The van der Waals surface area contributed by atoms with Crippen molar-refractivity contribution < 1.29 is 9.59 Å². The van der Waals surface area contributed by atoms with Crippen LogP contribution in [0.4, 0.5) is 11.4 Å². The molecule has 0 radical (unpaired) electrons. The number of amides is 2. The first-order valence-corrected chi connectivity index (χ1v) is 11.5. The fraction of sp³-hybridized carbons (Fsp3) is 0.286. The Morgan fingerprint density at radius 3 is 2.12 bits per heavy atom. The average molecular weight is 442 g/mol. The summed E-state index contributed by atoms with van der Waals surface area (Å²) in [5.74, 6) is -0.263. The van der Waals surface area contributed by atoms with Gasteiger partial charge in [-0.25, -0.2) is 0 Å². The van der Waals surface area contributed by atoms with Gasteiger partial charge in [0, 0.05) is 34.6 Å². The lowest BCUT2D eigenvalue weighted by Crippen LogP contribution is -2.33. The van der Waals surface area contributed by atoms with E-state index in [0.29, 0.717) is 17.7 Å². The first-order valence-electron chi connectivity index (χ1n) is 11.5. The second kappa shape index (κ2) is 9.10. The van der Waals surface area contributed by atoms with Crippen LogP contribution in [0.5, 0.6) is 0 Å². The van der Waals surface area contributed by atoms with Crippen molar-refractivity contribution in [3.63, 3.8) is 0 Å². The van der Waals surface area contributed by atoms with E-state index in [9.17, 15) is 9.59 Å². The van der Waals surface area contributed by atoms with Crippen LogP contribution in [0.15, 0.2) is 54.6 Å². The molecule has 0 saturated heterocycles. The van der Waals surface area contributed by atoms with Crippen molar-refractivity contribution in [3.05, 3.63) is 93.5 Å². The number of hydrogen-bond donors (Lipinski definition) is 2. The molecule has 5 nitrogen and oxygen atoms in total. The lowest BCUT2D eigenvalue weighted by atomic mass is 10.0. The van der Waals surface area contributed by atoms with Crippen LogP contribution < -0.4 is 10.6 Å². The smallest absolute Gasteiger partial charge is 0.256 e. The van der Waals surface area contributed by atoms with E-state index in [1.54, 1.807) is 12.1 Å². The summed E-state index contributed by atoms with van der Waals surface area (Å²) >= 11 is 0. The monoisotopic (exact) mass is 441 g/mol. The number of carbonyl (C=O) groups excluding carboxylic acids is 2. The zero-order valence-electron chi connectivity index (χ0n) is 20.0. The Hall–Kier alpha value is -3.60. The molecule has 3 aromatic rings. The number of nitrogens with zero attached hydrogens (tertiary/aromatic N) is 1. The normalized spacial score (nSPS) is 14.9. The fourth-order valence-corrected chi connectivity index (χ4v) is 4.46. The number of fused-ring (bicyclic) bond motifs is 1. The molecular formula is C28H31N3O2. The zero-order chi connectivity index (χ0) is 23.7. The molecule has 2 amide bonds. The van der Waals surface area contributed by atoms with Gasteiger partial charge in [-0.3, -0.25) is 9.59 Å². The quantitative estimate of drug-likeness (QED) is 0.482. The number of nitrogens with one attached hydrogen (secondary N) is 2. The number of rotatable bonds is 6. The third-order valence-corrected chi connectivity index (χ3v) is 6.18. The second-order valence-electron chi connectivity index (χ2n) is 8.94. The number of anilines is 2. The molecular weight excluding hydrogens is 410 g/mol. The molecule has 0 aromatic heterocycles. The van der Waals surface area contributed by atoms with Gasteiger partial charge in [0.1, 0.15) is 6.17 Å². The van der Waals surface area contributed by atoms with E-state index >= 15 is 0 Å². The summed E-state index contributed by atoms with van der Waals surface area (Å²) in [5, 5.41) is 6.54. The van der Waals surface area contributed by atoms with E-state index in [2.05, 4.69) is 49.6 Å². The Balaban J connectivity index is 1.64. The molecule has 1 aliphatic rings. The van der Waals surface area contributed by atoms with Crippen LogP contribution in [0.2, 0.25) is 0 Å². The maximum absolute atomic E-state index is 13.3. The predicted molar refractivity (Wildman–Crippen MR) is 134 cm³/mol. The van der Waals surface area contributed by atoms with Crippen molar-refractivity contribution in [2.45, 2.75) is 47.2 Å². The van der Waals surface area contributed by atoms with Gasteiger partial charge in [-0.05, 0) is 69.5 Å². The zero-order valence-corrected chi connectivity index (χ0v) is 20.0. The predicted octanol–water partition coefficient (Wildman–Crippen LogP) is 6.15. The molecule has 1 heterocycles. The summed E-state index contributed by atoms with van der Waals surface area (Å²) < 4.78 is 0. The molecule has 0 saturated carbocycles. The van der Waals surface area contributed by atoms with Crippen LogP contribution in [-0.2, 0) is 0 Å². The lowest BCUT2D eigenvalue weighted by molar-refractivity contribution is 0.0743. The van der Waals surface area contributed by atoms with Crippen molar-refractivity contribution in [1.29, 1.82) is 0 Å². The van der Waals surface area contributed by atoms with Gasteiger partial charge < -0.3 is 15.5 Å². The molecule has 33 heavy (non-hydrogen) atoms. The second-order valence-corrected chi connectivity index (χ2v) is 8.94. The van der Waals surface area contributed by atoms with Crippen molar-refractivity contribution in [2.75, 3.05) is 17.2 Å². The van der Waals surface area contributed by atoms with Gasteiger partial charge in [0.05, 0.1) is 0 Å². The minimum Gasteiger partial charge on any atom is -0.361 e. The summed E-state index contributed by atoms with van der Waals surface area (Å²) in [6.45, 7) is 10.8. The van der Waals surface area contributed by atoms with Crippen LogP contribution >= 0.6 is 0 Å². The summed E-state index contributed by atoms with van der Waals surface area (Å²) in [6, 6.07) is 17.6. The van der Waals surface area contributed by atoms with E-state index in [0.717, 1.165) is 40.0 Å². The molecule has 4 rings (SSSR count). The Labute approximate surface area is 195 Å². The molecule has 1 aliphatic heterocycles. The van der Waals surface area contributed by atoms with Gasteiger partial charge in [0.25, 0.3) is 11.8 Å². The van der Waals surface area contributed by atoms with Gasteiger partial charge in [-0.1, -0.05) is 48.4 Å². The van der Waals surface area contributed by atoms with Gasteiger partial charge in [-0.2, -0.15) is 0 Å². The summed E-state index contributed by atoms with van der Waals surface area (Å²) in [6.07, 6.45) is 0.593. The first kappa shape index (κ1) is 22.6. The molecule has 5 heteroatoms. The van der Waals surface area contributed by atoms with Gasteiger partial charge in [0.15, 0.2) is 0 Å². The Morgan fingerprint density at radius 1 is 0.879 bits per heavy atom. The lowest BCUT2D eigenvalue weighted by Gasteiger charge is -2.27.